The molecule has 1 atom stereocenters. The van der Waals surface area contributed by atoms with Gasteiger partial charge in [-0.2, -0.15) is 0 Å². The fraction of sp³-hybridized carbons (Fsp3) is 0.200. The maximum absolute atomic E-state index is 11.5. The summed E-state index contributed by atoms with van der Waals surface area (Å²) in [6.45, 7) is 1.26. The number of nitrogens with two attached hydrogens (primary N) is 1. The number of carbonyl (C=O) groups excluding carboxylic acids is 1. The van der Waals surface area contributed by atoms with E-state index in [2.05, 4.69) is 4.74 Å². The molecule has 6 heteroatoms. The number of halogens is 1. The van der Waals surface area contributed by atoms with Crippen molar-refractivity contribution in [2.45, 2.75) is 13.0 Å². The van der Waals surface area contributed by atoms with Crippen molar-refractivity contribution >= 4 is 29.2 Å². The van der Waals surface area contributed by atoms with Crippen LogP contribution in [0.25, 0.3) is 0 Å². The second-order valence-electron chi connectivity index (χ2n) is 3.16. The molecule has 0 saturated heterocycles. The first-order valence-corrected chi connectivity index (χ1v) is 4.78. The Morgan fingerprint density at radius 3 is 2.56 bits per heavy atom. The Morgan fingerprint density at radius 1 is 1.44 bits per heavy atom. The number of anilines is 1. The molecule has 0 aliphatic rings. The molecule has 0 heterocycles. The molecular weight excluding hydrogens is 234 g/mol. The first-order valence-electron chi connectivity index (χ1n) is 4.40. The Hall–Kier alpha value is -1.75. The number of rotatable bonds is 3. The summed E-state index contributed by atoms with van der Waals surface area (Å²) in [5.74, 6) is -1.99. The number of hydrogen-bond donors (Lipinski definition) is 2. The van der Waals surface area contributed by atoms with Gasteiger partial charge >= 0.3 is 11.9 Å². The van der Waals surface area contributed by atoms with Crippen LogP contribution < -0.4 is 5.73 Å². The van der Waals surface area contributed by atoms with E-state index in [4.69, 9.17) is 22.4 Å². The van der Waals surface area contributed by atoms with Crippen molar-refractivity contribution in [1.29, 1.82) is 0 Å². The summed E-state index contributed by atoms with van der Waals surface area (Å²) in [6, 6.07) is 4.19. The molecule has 0 bridgehead atoms. The largest absolute Gasteiger partial charge is 0.479 e. The maximum atomic E-state index is 11.5. The highest BCUT2D eigenvalue weighted by Crippen LogP contribution is 2.17. The summed E-state index contributed by atoms with van der Waals surface area (Å²) in [4.78, 5) is 21.9. The van der Waals surface area contributed by atoms with E-state index in [1.54, 1.807) is 0 Å². The predicted octanol–water partition coefficient (Wildman–Crippen LogP) is 1.55. The maximum Gasteiger partial charge on any atom is 0.344 e. The van der Waals surface area contributed by atoms with Crippen LogP contribution in [0.3, 0.4) is 0 Å². The van der Waals surface area contributed by atoms with Gasteiger partial charge in [-0.1, -0.05) is 11.6 Å². The minimum Gasteiger partial charge on any atom is -0.479 e. The standard InChI is InChI=1S/C10H10ClNO4/c1-5(9(13)14)16-10(15)6-2-7(11)4-8(12)3-6/h2-5H,12H2,1H3,(H,13,14). The molecule has 1 rings (SSSR count). The molecule has 0 radical (unpaired) electrons. The van der Waals surface area contributed by atoms with Crippen LogP contribution in [0, 0.1) is 0 Å². The lowest BCUT2D eigenvalue weighted by atomic mass is 10.2. The number of aliphatic carboxylic acids is 1. The van der Waals surface area contributed by atoms with E-state index in [-0.39, 0.29) is 10.6 Å². The summed E-state index contributed by atoms with van der Waals surface area (Å²) in [7, 11) is 0. The fourth-order valence-electron chi connectivity index (χ4n) is 1.01. The van der Waals surface area contributed by atoms with Crippen LogP contribution in [-0.4, -0.2) is 23.1 Å². The highest BCUT2D eigenvalue weighted by molar-refractivity contribution is 6.31. The first-order chi connectivity index (χ1) is 7.40. The normalized spacial score (nSPS) is 11.9. The number of carbonyl (C=O) groups is 2. The number of hydrogen-bond acceptors (Lipinski definition) is 4. The summed E-state index contributed by atoms with van der Waals surface area (Å²) < 4.78 is 4.66. The molecule has 0 amide bonds. The molecule has 86 valence electrons. The predicted molar refractivity (Wildman–Crippen MR) is 58.4 cm³/mol. The molecule has 0 saturated carbocycles. The van der Waals surface area contributed by atoms with Crippen LogP contribution in [0.15, 0.2) is 18.2 Å². The minimum atomic E-state index is -1.22. The smallest absolute Gasteiger partial charge is 0.344 e. The number of ether oxygens (including phenoxy) is 1. The molecule has 1 aromatic carbocycles. The summed E-state index contributed by atoms with van der Waals surface area (Å²) >= 11 is 5.69. The Bertz CT molecular complexity index is 413. The molecule has 1 aromatic rings. The molecule has 0 spiro atoms. The van der Waals surface area contributed by atoms with Crippen molar-refractivity contribution in [2.24, 2.45) is 0 Å². The van der Waals surface area contributed by atoms with Crippen molar-refractivity contribution in [3.63, 3.8) is 0 Å². The minimum absolute atomic E-state index is 0.123. The van der Waals surface area contributed by atoms with Gasteiger partial charge in [0.2, 0.25) is 0 Å². The van der Waals surface area contributed by atoms with Gasteiger partial charge in [0.15, 0.2) is 6.10 Å². The lowest BCUT2D eigenvalue weighted by Crippen LogP contribution is -2.23. The number of benzene rings is 1. The molecule has 0 aliphatic heterocycles. The Morgan fingerprint density at radius 2 is 2.06 bits per heavy atom. The summed E-state index contributed by atoms with van der Waals surface area (Å²) in [5, 5.41) is 8.85. The monoisotopic (exact) mass is 243 g/mol. The van der Waals surface area contributed by atoms with Gasteiger partial charge < -0.3 is 15.6 Å². The van der Waals surface area contributed by atoms with Crippen molar-refractivity contribution in [1.82, 2.24) is 0 Å². The zero-order valence-electron chi connectivity index (χ0n) is 8.44. The molecular formula is C10H10ClNO4. The van der Waals surface area contributed by atoms with Gasteiger partial charge in [0.25, 0.3) is 0 Å². The molecule has 5 nitrogen and oxygen atoms in total. The third-order valence-electron chi connectivity index (χ3n) is 1.79. The van der Waals surface area contributed by atoms with E-state index in [9.17, 15) is 9.59 Å². The quantitative estimate of drug-likeness (QED) is 0.621. The zero-order valence-corrected chi connectivity index (χ0v) is 9.19. The molecule has 1 unspecified atom stereocenters. The first kappa shape index (κ1) is 12.3. The summed E-state index contributed by atoms with van der Waals surface area (Å²) in [6.07, 6.45) is -1.22. The second kappa shape index (κ2) is 4.85. The van der Waals surface area contributed by atoms with Crippen LogP contribution >= 0.6 is 11.6 Å². The highest BCUT2D eigenvalue weighted by atomic mass is 35.5. The van der Waals surface area contributed by atoms with Gasteiger partial charge in [0.05, 0.1) is 5.56 Å². The third-order valence-corrected chi connectivity index (χ3v) is 2.01. The second-order valence-corrected chi connectivity index (χ2v) is 3.60. The molecule has 0 aliphatic carbocycles. The van der Waals surface area contributed by atoms with Gasteiger partial charge in [-0.3, -0.25) is 0 Å². The lowest BCUT2D eigenvalue weighted by molar-refractivity contribution is -0.146. The van der Waals surface area contributed by atoms with E-state index in [1.165, 1.54) is 25.1 Å². The fourth-order valence-corrected chi connectivity index (χ4v) is 1.25. The molecule has 0 aromatic heterocycles. The van der Waals surface area contributed by atoms with E-state index >= 15 is 0 Å². The van der Waals surface area contributed by atoms with Crippen LogP contribution in [-0.2, 0) is 9.53 Å². The van der Waals surface area contributed by atoms with Crippen molar-refractivity contribution in [3.05, 3.63) is 28.8 Å². The SMILES string of the molecule is CC(OC(=O)c1cc(N)cc(Cl)c1)C(=O)O. The average molecular weight is 244 g/mol. The highest BCUT2D eigenvalue weighted by Gasteiger charge is 2.18. The lowest BCUT2D eigenvalue weighted by Gasteiger charge is -2.09. The van der Waals surface area contributed by atoms with E-state index in [0.29, 0.717) is 5.69 Å². The van der Waals surface area contributed by atoms with Gasteiger partial charge in [0, 0.05) is 10.7 Å². The third kappa shape index (κ3) is 3.13. The average Bonchev–Trinajstić information content (AvgIpc) is 2.15. The Labute approximate surface area is 96.8 Å². The van der Waals surface area contributed by atoms with Gasteiger partial charge in [-0.15, -0.1) is 0 Å². The van der Waals surface area contributed by atoms with Crippen LogP contribution in [0.2, 0.25) is 5.02 Å². The number of carboxylic acid groups (broad SMARTS) is 1. The Kier molecular flexibility index (Phi) is 3.73. The number of carboxylic acids is 1. The van der Waals surface area contributed by atoms with E-state index < -0.39 is 18.0 Å². The zero-order chi connectivity index (χ0) is 12.3. The van der Waals surface area contributed by atoms with Crippen molar-refractivity contribution in [3.8, 4) is 0 Å². The summed E-state index contributed by atoms with van der Waals surface area (Å²) in [5.41, 5.74) is 5.91. The van der Waals surface area contributed by atoms with Gasteiger partial charge in [-0.05, 0) is 25.1 Å². The topological polar surface area (TPSA) is 89.6 Å². The van der Waals surface area contributed by atoms with Gasteiger partial charge in [-0.25, -0.2) is 9.59 Å². The van der Waals surface area contributed by atoms with Crippen molar-refractivity contribution in [2.75, 3.05) is 5.73 Å². The van der Waals surface area contributed by atoms with E-state index in [0.717, 1.165) is 0 Å². The number of esters is 1. The van der Waals surface area contributed by atoms with Gasteiger partial charge in [0.1, 0.15) is 0 Å². The van der Waals surface area contributed by atoms with Crippen LogP contribution in [0.1, 0.15) is 17.3 Å². The Balaban J connectivity index is 2.84. The van der Waals surface area contributed by atoms with Crippen LogP contribution in [0.4, 0.5) is 5.69 Å². The molecule has 16 heavy (non-hydrogen) atoms. The van der Waals surface area contributed by atoms with Crippen LogP contribution in [0.5, 0.6) is 0 Å². The van der Waals surface area contributed by atoms with Crippen molar-refractivity contribution < 1.29 is 19.4 Å². The van der Waals surface area contributed by atoms with E-state index in [1.807, 2.05) is 0 Å². The number of nitrogen functional groups attached to an aromatic ring is 1. The molecule has 0 fully saturated rings. The molecule has 3 N–H and O–H groups in total.